The third kappa shape index (κ3) is 4.54. The van der Waals surface area contributed by atoms with Crippen LogP contribution >= 0.6 is 11.8 Å². The molecule has 0 saturated heterocycles. The van der Waals surface area contributed by atoms with Gasteiger partial charge in [0.15, 0.2) is 0 Å². The molecule has 2 heteroatoms. The van der Waals surface area contributed by atoms with Gasteiger partial charge in [0.2, 0.25) is 0 Å². The molecular weight excluding hydrogens is 250 g/mol. The molecular formula is C17H27NS. The van der Waals surface area contributed by atoms with Crippen LogP contribution in [0, 0.1) is 17.8 Å². The monoisotopic (exact) mass is 277 g/mol. The van der Waals surface area contributed by atoms with Gasteiger partial charge >= 0.3 is 0 Å². The van der Waals surface area contributed by atoms with Gasteiger partial charge < -0.3 is 5.73 Å². The van der Waals surface area contributed by atoms with Crippen LogP contribution in [-0.4, -0.2) is 11.8 Å². The van der Waals surface area contributed by atoms with E-state index >= 15 is 0 Å². The average Bonchev–Trinajstić information content (AvgIpc) is 2.42. The zero-order valence-electron chi connectivity index (χ0n) is 12.2. The summed E-state index contributed by atoms with van der Waals surface area (Å²) in [5.41, 5.74) is 6.31. The number of benzene rings is 1. The van der Waals surface area contributed by atoms with Gasteiger partial charge in [0.25, 0.3) is 0 Å². The molecule has 0 aromatic heterocycles. The van der Waals surface area contributed by atoms with E-state index in [1.807, 2.05) is 11.8 Å². The first-order chi connectivity index (χ1) is 9.16. The molecule has 1 aliphatic carbocycles. The fraction of sp³-hybridized carbons (Fsp3) is 0.647. The van der Waals surface area contributed by atoms with Crippen molar-refractivity contribution in [3.63, 3.8) is 0 Å². The van der Waals surface area contributed by atoms with Crippen molar-refractivity contribution in [3.05, 3.63) is 30.3 Å². The quantitative estimate of drug-likeness (QED) is 0.798. The van der Waals surface area contributed by atoms with Crippen molar-refractivity contribution in [2.45, 2.75) is 50.5 Å². The Morgan fingerprint density at radius 1 is 1.21 bits per heavy atom. The molecule has 0 aliphatic heterocycles. The van der Waals surface area contributed by atoms with Crippen LogP contribution in [0.15, 0.2) is 35.2 Å². The van der Waals surface area contributed by atoms with Crippen LogP contribution in [0.25, 0.3) is 0 Å². The molecule has 3 atom stereocenters. The van der Waals surface area contributed by atoms with Crippen LogP contribution in [0.2, 0.25) is 0 Å². The standard InChI is InChI=1S/C17H27NS/c1-13(2)14-8-9-17(18)15(12-14)10-11-19-16-6-4-3-5-7-16/h3-7,13-15,17H,8-12,18H2,1-2H3. The molecule has 106 valence electrons. The Balaban J connectivity index is 1.77. The summed E-state index contributed by atoms with van der Waals surface area (Å²) in [6.07, 6.45) is 5.17. The van der Waals surface area contributed by atoms with Crippen molar-refractivity contribution in [1.29, 1.82) is 0 Å². The molecule has 0 bridgehead atoms. The summed E-state index contributed by atoms with van der Waals surface area (Å²) in [4.78, 5) is 1.38. The Bertz CT molecular complexity index is 363. The van der Waals surface area contributed by atoms with E-state index in [1.54, 1.807) is 0 Å². The molecule has 0 amide bonds. The largest absolute Gasteiger partial charge is 0.327 e. The predicted octanol–water partition coefficient (Wildman–Crippen LogP) is 4.57. The van der Waals surface area contributed by atoms with Crippen molar-refractivity contribution in [1.82, 2.24) is 0 Å². The van der Waals surface area contributed by atoms with E-state index in [9.17, 15) is 0 Å². The fourth-order valence-electron chi connectivity index (χ4n) is 3.11. The number of thioether (sulfide) groups is 1. The Morgan fingerprint density at radius 3 is 2.63 bits per heavy atom. The first kappa shape index (κ1) is 14.9. The summed E-state index contributed by atoms with van der Waals surface area (Å²) < 4.78 is 0. The van der Waals surface area contributed by atoms with Crippen molar-refractivity contribution in [2.75, 3.05) is 5.75 Å². The Hall–Kier alpha value is -0.470. The van der Waals surface area contributed by atoms with Crippen LogP contribution in [0.1, 0.15) is 39.5 Å². The highest BCUT2D eigenvalue weighted by Gasteiger charge is 2.29. The van der Waals surface area contributed by atoms with Crippen LogP contribution in [0.5, 0.6) is 0 Å². The van der Waals surface area contributed by atoms with Crippen molar-refractivity contribution in [2.24, 2.45) is 23.5 Å². The third-order valence-corrected chi connectivity index (χ3v) is 5.57. The smallest absolute Gasteiger partial charge is 0.00719 e. The highest BCUT2D eigenvalue weighted by Crippen LogP contribution is 2.35. The molecule has 1 saturated carbocycles. The normalized spacial score (nSPS) is 27.7. The van der Waals surface area contributed by atoms with Crippen molar-refractivity contribution >= 4 is 11.8 Å². The highest BCUT2D eigenvalue weighted by atomic mass is 32.2. The summed E-state index contributed by atoms with van der Waals surface area (Å²) in [5, 5.41) is 0. The molecule has 2 rings (SSSR count). The van der Waals surface area contributed by atoms with E-state index < -0.39 is 0 Å². The number of hydrogen-bond acceptors (Lipinski definition) is 2. The topological polar surface area (TPSA) is 26.0 Å². The van der Waals surface area contributed by atoms with E-state index in [-0.39, 0.29) is 0 Å². The molecule has 19 heavy (non-hydrogen) atoms. The van der Waals surface area contributed by atoms with Crippen LogP contribution in [-0.2, 0) is 0 Å². The van der Waals surface area contributed by atoms with Crippen molar-refractivity contribution < 1.29 is 0 Å². The maximum absolute atomic E-state index is 6.31. The second-order valence-electron chi connectivity index (χ2n) is 6.19. The zero-order chi connectivity index (χ0) is 13.7. The third-order valence-electron chi connectivity index (χ3n) is 4.53. The van der Waals surface area contributed by atoms with Gasteiger partial charge in [0, 0.05) is 10.9 Å². The lowest BCUT2D eigenvalue weighted by molar-refractivity contribution is 0.187. The van der Waals surface area contributed by atoms with Crippen molar-refractivity contribution in [3.8, 4) is 0 Å². The first-order valence-corrected chi connectivity index (χ1v) is 8.59. The molecule has 1 aromatic carbocycles. The Morgan fingerprint density at radius 2 is 1.95 bits per heavy atom. The minimum Gasteiger partial charge on any atom is -0.327 e. The zero-order valence-corrected chi connectivity index (χ0v) is 13.0. The number of rotatable bonds is 5. The first-order valence-electron chi connectivity index (χ1n) is 7.60. The SMILES string of the molecule is CC(C)C1CCC(N)C(CCSc2ccccc2)C1. The van der Waals surface area contributed by atoms with Gasteiger partial charge in [0.1, 0.15) is 0 Å². The van der Waals surface area contributed by atoms with Gasteiger partial charge in [-0.15, -0.1) is 11.8 Å². The van der Waals surface area contributed by atoms with E-state index in [0.717, 1.165) is 17.8 Å². The highest BCUT2D eigenvalue weighted by molar-refractivity contribution is 7.99. The van der Waals surface area contributed by atoms with E-state index in [1.165, 1.54) is 36.3 Å². The second-order valence-corrected chi connectivity index (χ2v) is 7.36. The predicted molar refractivity (Wildman–Crippen MR) is 85.4 cm³/mol. The minimum atomic E-state index is 0.436. The van der Waals surface area contributed by atoms with Gasteiger partial charge in [0.05, 0.1) is 0 Å². The Kier molecular flexibility index (Phi) is 5.77. The average molecular weight is 277 g/mol. The second kappa shape index (κ2) is 7.35. The van der Waals surface area contributed by atoms with Crippen LogP contribution in [0.3, 0.4) is 0 Å². The molecule has 1 aliphatic rings. The molecule has 3 unspecified atom stereocenters. The van der Waals surface area contributed by atoms with E-state index in [0.29, 0.717) is 6.04 Å². The van der Waals surface area contributed by atoms with Gasteiger partial charge in [-0.1, -0.05) is 32.0 Å². The number of hydrogen-bond donors (Lipinski definition) is 1. The summed E-state index contributed by atoms with van der Waals surface area (Å²) >= 11 is 1.97. The van der Waals surface area contributed by atoms with Gasteiger partial charge in [-0.2, -0.15) is 0 Å². The lowest BCUT2D eigenvalue weighted by Crippen LogP contribution is -2.37. The molecule has 1 fully saturated rings. The summed E-state index contributed by atoms with van der Waals surface area (Å²) in [7, 11) is 0. The molecule has 1 nitrogen and oxygen atoms in total. The Labute approximate surface area is 122 Å². The summed E-state index contributed by atoms with van der Waals surface area (Å²) in [6.45, 7) is 4.72. The van der Waals surface area contributed by atoms with Gasteiger partial charge in [-0.25, -0.2) is 0 Å². The maximum atomic E-state index is 6.31. The van der Waals surface area contributed by atoms with Gasteiger partial charge in [-0.3, -0.25) is 0 Å². The molecule has 0 heterocycles. The van der Waals surface area contributed by atoms with E-state index in [4.69, 9.17) is 5.73 Å². The van der Waals surface area contributed by atoms with E-state index in [2.05, 4.69) is 44.2 Å². The van der Waals surface area contributed by atoms with Crippen LogP contribution < -0.4 is 5.73 Å². The molecule has 0 spiro atoms. The van der Waals surface area contributed by atoms with Gasteiger partial charge in [-0.05, 0) is 61.3 Å². The fourth-order valence-corrected chi connectivity index (χ4v) is 4.11. The molecule has 1 aromatic rings. The number of nitrogens with two attached hydrogens (primary N) is 1. The lowest BCUT2D eigenvalue weighted by atomic mass is 9.73. The lowest BCUT2D eigenvalue weighted by Gasteiger charge is -2.36. The minimum absolute atomic E-state index is 0.436. The van der Waals surface area contributed by atoms with Crippen LogP contribution in [0.4, 0.5) is 0 Å². The maximum Gasteiger partial charge on any atom is 0.00719 e. The summed E-state index contributed by atoms with van der Waals surface area (Å²) in [6, 6.07) is 11.1. The molecule has 2 N–H and O–H groups in total. The molecule has 0 radical (unpaired) electrons. The summed E-state index contributed by atoms with van der Waals surface area (Å²) in [5.74, 6) is 3.65.